The van der Waals surface area contributed by atoms with E-state index >= 15 is 0 Å². The number of unbranched alkanes of at least 4 members (excludes halogenated alkanes) is 2. The van der Waals surface area contributed by atoms with Gasteiger partial charge in [-0.3, -0.25) is 4.79 Å². The summed E-state index contributed by atoms with van der Waals surface area (Å²) >= 11 is 0. The molecule has 0 saturated carbocycles. The van der Waals surface area contributed by atoms with E-state index in [4.69, 9.17) is 14.7 Å². The maximum absolute atomic E-state index is 11.2. The van der Waals surface area contributed by atoms with Crippen LogP contribution in [0.15, 0.2) is 41.6 Å². The lowest BCUT2D eigenvalue weighted by Gasteiger charge is -2.11. The SMILES string of the molecule is CCOC(=O)CCCCCOc1ccc2ccccc2c1/C=N/O. The Balaban J connectivity index is 1.88. The molecule has 0 fully saturated rings. The summed E-state index contributed by atoms with van der Waals surface area (Å²) in [5, 5.41) is 14.1. The predicted octanol–water partition coefficient (Wildman–Crippen LogP) is 4.15. The number of hydrogen-bond acceptors (Lipinski definition) is 5. The Labute approximate surface area is 141 Å². The Morgan fingerprint density at radius 2 is 2.00 bits per heavy atom. The summed E-state index contributed by atoms with van der Waals surface area (Å²) in [7, 11) is 0. The zero-order valence-corrected chi connectivity index (χ0v) is 13.9. The first kappa shape index (κ1) is 17.8. The van der Waals surface area contributed by atoms with Crippen molar-refractivity contribution in [2.45, 2.75) is 32.6 Å². The second-order valence-electron chi connectivity index (χ2n) is 5.41. The highest BCUT2D eigenvalue weighted by atomic mass is 16.5. The fourth-order valence-electron chi connectivity index (χ4n) is 2.56. The molecule has 0 unspecified atom stereocenters. The second kappa shape index (κ2) is 9.55. The van der Waals surface area contributed by atoms with Gasteiger partial charge in [0.2, 0.25) is 0 Å². The molecule has 0 heterocycles. The van der Waals surface area contributed by atoms with Crippen molar-refractivity contribution in [3.05, 3.63) is 42.0 Å². The summed E-state index contributed by atoms with van der Waals surface area (Å²) < 4.78 is 10.7. The van der Waals surface area contributed by atoms with Gasteiger partial charge in [-0.1, -0.05) is 35.5 Å². The van der Waals surface area contributed by atoms with Crippen LogP contribution in [0.1, 0.15) is 38.2 Å². The Kier molecular flexibility index (Phi) is 7.08. The smallest absolute Gasteiger partial charge is 0.305 e. The van der Waals surface area contributed by atoms with E-state index in [1.807, 2.05) is 43.3 Å². The molecule has 128 valence electrons. The molecule has 0 radical (unpaired) electrons. The van der Waals surface area contributed by atoms with Crippen LogP contribution in [0.2, 0.25) is 0 Å². The first-order valence-electron chi connectivity index (χ1n) is 8.24. The van der Waals surface area contributed by atoms with Gasteiger partial charge >= 0.3 is 5.97 Å². The Hall–Kier alpha value is -2.56. The van der Waals surface area contributed by atoms with Crippen LogP contribution in [0, 0.1) is 0 Å². The van der Waals surface area contributed by atoms with Crippen molar-refractivity contribution in [2.24, 2.45) is 5.16 Å². The molecule has 1 N–H and O–H groups in total. The van der Waals surface area contributed by atoms with Gasteiger partial charge in [-0.25, -0.2) is 0 Å². The number of hydrogen-bond donors (Lipinski definition) is 1. The van der Waals surface area contributed by atoms with Gasteiger partial charge < -0.3 is 14.7 Å². The number of ether oxygens (including phenoxy) is 2. The molecular weight excluding hydrogens is 306 g/mol. The fraction of sp³-hybridized carbons (Fsp3) is 0.368. The molecule has 24 heavy (non-hydrogen) atoms. The second-order valence-corrected chi connectivity index (χ2v) is 5.41. The molecule has 0 amide bonds. The molecule has 0 bridgehead atoms. The largest absolute Gasteiger partial charge is 0.493 e. The molecule has 5 nitrogen and oxygen atoms in total. The third-order valence-corrected chi connectivity index (χ3v) is 3.71. The van der Waals surface area contributed by atoms with E-state index in [-0.39, 0.29) is 5.97 Å². The minimum atomic E-state index is -0.144. The summed E-state index contributed by atoms with van der Waals surface area (Å²) in [5.74, 6) is 0.547. The molecule has 0 aromatic heterocycles. The minimum Gasteiger partial charge on any atom is -0.493 e. The number of esters is 1. The molecule has 5 heteroatoms. The zero-order chi connectivity index (χ0) is 17.2. The number of nitrogens with zero attached hydrogens (tertiary/aromatic N) is 1. The monoisotopic (exact) mass is 329 g/mol. The molecule has 0 saturated heterocycles. The summed E-state index contributed by atoms with van der Waals surface area (Å²) in [4.78, 5) is 11.2. The van der Waals surface area contributed by atoms with Gasteiger partial charge in [-0.15, -0.1) is 0 Å². The van der Waals surface area contributed by atoms with Crippen LogP contribution in [0.3, 0.4) is 0 Å². The maximum atomic E-state index is 11.2. The maximum Gasteiger partial charge on any atom is 0.305 e. The van der Waals surface area contributed by atoms with Crippen LogP contribution in [-0.4, -0.2) is 30.6 Å². The summed E-state index contributed by atoms with van der Waals surface area (Å²) in [6.45, 7) is 2.79. The average Bonchev–Trinajstić information content (AvgIpc) is 2.60. The van der Waals surface area contributed by atoms with Crippen molar-refractivity contribution >= 4 is 23.0 Å². The van der Waals surface area contributed by atoms with Crippen molar-refractivity contribution in [3.63, 3.8) is 0 Å². The number of carbonyl (C=O) groups is 1. The Morgan fingerprint density at radius 1 is 1.17 bits per heavy atom. The van der Waals surface area contributed by atoms with Gasteiger partial charge in [-0.05, 0) is 43.0 Å². The van der Waals surface area contributed by atoms with Gasteiger partial charge in [-0.2, -0.15) is 0 Å². The van der Waals surface area contributed by atoms with E-state index in [0.717, 1.165) is 35.6 Å². The average molecular weight is 329 g/mol. The lowest BCUT2D eigenvalue weighted by molar-refractivity contribution is -0.143. The van der Waals surface area contributed by atoms with Gasteiger partial charge in [0.25, 0.3) is 0 Å². The number of fused-ring (bicyclic) bond motifs is 1. The molecule has 0 aliphatic carbocycles. The van der Waals surface area contributed by atoms with E-state index in [1.54, 1.807) is 0 Å². The first-order chi connectivity index (χ1) is 11.8. The van der Waals surface area contributed by atoms with Gasteiger partial charge in [0.05, 0.1) is 19.4 Å². The lowest BCUT2D eigenvalue weighted by Crippen LogP contribution is -2.04. The summed E-state index contributed by atoms with van der Waals surface area (Å²) in [6, 6.07) is 11.8. The number of benzene rings is 2. The highest BCUT2D eigenvalue weighted by Gasteiger charge is 2.07. The van der Waals surface area contributed by atoms with E-state index in [2.05, 4.69) is 5.16 Å². The molecule has 0 aliphatic heterocycles. The number of oxime groups is 1. The predicted molar refractivity (Wildman–Crippen MR) is 93.9 cm³/mol. The third kappa shape index (κ3) is 4.98. The van der Waals surface area contributed by atoms with Crippen molar-refractivity contribution < 1.29 is 19.5 Å². The molecular formula is C19H23NO4. The van der Waals surface area contributed by atoms with Crippen LogP contribution in [0.25, 0.3) is 10.8 Å². The van der Waals surface area contributed by atoms with E-state index in [1.165, 1.54) is 6.21 Å². The van der Waals surface area contributed by atoms with Gasteiger partial charge in [0.15, 0.2) is 0 Å². The van der Waals surface area contributed by atoms with Crippen LogP contribution in [0.4, 0.5) is 0 Å². The van der Waals surface area contributed by atoms with Crippen LogP contribution >= 0.6 is 0 Å². The number of carbonyl (C=O) groups excluding carboxylic acids is 1. The fourth-order valence-corrected chi connectivity index (χ4v) is 2.56. The van der Waals surface area contributed by atoms with Crippen molar-refractivity contribution in [2.75, 3.05) is 13.2 Å². The molecule has 2 rings (SSSR count). The first-order valence-corrected chi connectivity index (χ1v) is 8.24. The van der Waals surface area contributed by atoms with Crippen LogP contribution < -0.4 is 4.74 Å². The van der Waals surface area contributed by atoms with E-state index < -0.39 is 0 Å². The number of rotatable bonds is 9. The van der Waals surface area contributed by atoms with Crippen molar-refractivity contribution in [1.29, 1.82) is 0 Å². The van der Waals surface area contributed by atoms with Crippen LogP contribution in [0.5, 0.6) is 5.75 Å². The lowest BCUT2D eigenvalue weighted by atomic mass is 10.0. The third-order valence-electron chi connectivity index (χ3n) is 3.71. The highest BCUT2D eigenvalue weighted by molar-refractivity contribution is 6.02. The van der Waals surface area contributed by atoms with Crippen LogP contribution in [-0.2, 0) is 9.53 Å². The molecule has 0 spiro atoms. The van der Waals surface area contributed by atoms with E-state index in [0.29, 0.717) is 25.4 Å². The van der Waals surface area contributed by atoms with Gasteiger partial charge in [0.1, 0.15) is 5.75 Å². The van der Waals surface area contributed by atoms with E-state index in [9.17, 15) is 4.79 Å². The molecule has 2 aromatic rings. The standard InChI is InChI=1S/C19H23NO4/c1-2-23-19(21)10-4-3-7-13-24-18-12-11-15-8-5-6-9-16(15)17(18)14-20-22/h5-6,8-9,11-12,14,22H,2-4,7,10,13H2,1H3/b20-14+. The Bertz CT molecular complexity index is 697. The minimum absolute atomic E-state index is 0.144. The Morgan fingerprint density at radius 3 is 2.79 bits per heavy atom. The molecule has 0 atom stereocenters. The van der Waals surface area contributed by atoms with Crippen molar-refractivity contribution in [3.8, 4) is 5.75 Å². The summed E-state index contributed by atoms with van der Waals surface area (Å²) in [6.07, 6.45) is 4.40. The zero-order valence-electron chi connectivity index (χ0n) is 13.9. The quantitative estimate of drug-likeness (QED) is 0.247. The summed E-state index contributed by atoms with van der Waals surface area (Å²) in [5.41, 5.74) is 0.766. The molecule has 2 aromatic carbocycles. The van der Waals surface area contributed by atoms with Gasteiger partial charge in [0, 0.05) is 12.0 Å². The normalized spacial score (nSPS) is 11.0. The highest BCUT2D eigenvalue weighted by Crippen LogP contribution is 2.27. The van der Waals surface area contributed by atoms with Crippen molar-refractivity contribution in [1.82, 2.24) is 0 Å². The topological polar surface area (TPSA) is 68.1 Å². The molecule has 0 aliphatic rings.